The maximum absolute atomic E-state index is 13.2. The van der Waals surface area contributed by atoms with E-state index in [9.17, 15) is 29.4 Å². The van der Waals surface area contributed by atoms with E-state index in [1.54, 1.807) is 41.5 Å². The first-order valence-corrected chi connectivity index (χ1v) is 12.1. The van der Waals surface area contributed by atoms with Crippen molar-refractivity contribution in [1.29, 1.82) is 0 Å². The Kier molecular flexibility index (Phi) is 9.45. The van der Waals surface area contributed by atoms with Crippen LogP contribution in [0.4, 0.5) is 0 Å². The summed E-state index contributed by atoms with van der Waals surface area (Å²) in [6.45, 7) is 14.8. The summed E-state index contributed by atoms with van der Waals surface area (Å²) in [6, 6.07) is 6.33. The number of benzene rings is 2. The van der Waals surface area contributed by atoms with Crippen LogP contribution in [0.15, 0.2) is 42.5 Å². The zero-order valence-electron chi connectivity index (χ0n) is 22.7. The first-order valence-electron chi connectivity index (χ1n) is 12.1. The minimum absolute atomic E-state index is 0.0155. The lowest BCUT2D eigenvalue weighted by Crippen LogP contribution is -2.26. The van der Waals surface area contributed by atoms with E-state index in [2.05, 4.69) is 6.58 Å². The second kappa shape index (κ2) is 11.9. The molecule has 0 saturated heterocycles. The second-order valence-electron chi connectivity index (χ2n) is 10.5. The molecular formula is C29H34O9. The summed E-state index contributed by atoms with van der Waals surface area (Å²) in [5, 5.41) is 20.9. The van der Waals surface area contributed by atoms with Crippen molar-refractivity contribution < 1.29 is 43.6 Å². The van der Waals surface area contributed by atoms with Crippen molar-refractivity contribution in [2.45, 2.75) is 54.9 Å². The van der Waals surface area contributed by atoms with Gasteiger partial charge in [0.2, 0.25) is 0 Å². The summed E-state index contributed by atoms with van der Waals surface area (Å²) >= 11 is 0. The fourth-order valence-corrected chi connectivity index (χ4v) is 3.05. The molecule has 0 aliphatic rings. The van der Waals surface area contributed by atoms with Crippen LogP contribution in [0.25, 0.3) is 0 Å². The number of carbonyl (C=O) groups excluding carboxylic acids is 4. The van der Waals surface area contributed by atoms with E-state index in [1.165, 1.54) is 31.2 Å². The fraction of sp³-hybridized carbons (Fsp3) is 0.379. The van der Waals surface area contributed by atoms with Gasteiger partial charge in [0.15, 0.2) is 17.3 Å². The lowest BCUT2D eigenvalue weighted by atomic mass is 9.91. The number of esters is 3. The van der Waals surface area contributed by atoms with Crippen LogP contribution < -0.4 is 14.2 Å². The highest BCUT2D eigenvalue weighted by atomic mass is 16.6. The van der Waals surface area contributed by atoms with Gasteiger partial charge in [-0.05, 0) is 63.9 Å². The van der Waals surface area contributed by atoms with Gasteiger partial charge in [0.05, 0.1) is 16.9 Å². The Hall–Kier alpha value is -4.14. The first kappa shape index (κ1) is 30.1. The standard InChI is InChI=1S/C29H34O9/c1-15(2)26(33)36-19-9-10-21(30)20(13-19)25(32)17(5)11-18-12-23(38-28(35)29(6,7)8)24(14-22(18)31)37-27(34)16(3)4/h9-10,12-14,16-17,30-31H,1,11H2,2-8H3. The van der Waals surface area contributed by atoms with E-state index >= 15 is 0 Å². The summed E-state index contributed by atoms with van der Waals surface area (Å²) in [6.07, 6.45) is -0.0155. The maximum atomic E-state index is 13.2. The van der Waals surface area contributed by atoms with Gasteiger partial charge in [0.1, 0.15) is 17.2 Å². The van der Waals surface area contributed by atoms with Gasteiger partial charge in [0, 0.05) is 17.6 Å². The minimum Gasteiger partial charge on any atom is -0.508 e. The highest BCUT2D eigenvalue weighted by Crippen LogP contribution is 2.38. The smallest absolute Gasteiger partial charge is 0.338 e. The molecule has 1 unspecified atom stereocenters. The molecule has 0 saturated carbocycles. The maximum Gasteiger partial charge on any atom is 0.338 e. The van der Waals surface area contributed by atoms with Crippen molar-refractivity contribution in [1.82, 2.24) is 0 Å². The van der Waals surface area contributed by atoms with Gasteiger partial charge in [-0.3, -0.25) is 14.4 Å². The Morgan fingerprint density at radius 1 is 0.895 bits per heavy atom. The molecule has 0 amide bonds. The number of ether oxygens (including phenoxy) is 3. The molecule has 0 bridgehead atoms. The number of hydrogen-bond donors (Lipinski definition) is 2. The Balaban J connectivity index is 2.39. The molecule has 0 radical (unpaired) electrons. The number of hydrogen-bond acceptors (Lipinski definition) is 9. The van der Waals surface area contributed by atoms with E-state index in [-0.39, 0.29) is 51.9 Å². The lowest BCUT2D eigenvalue weighted by Gasteiger charge is -2.20. The van der Waals surface area contributed by atoms with Crippen LogP contribution in [0.3, 0.4) is 0 Å². The fourth-order valence-electron chi connectivity index (χ4n) is 3.05. The number of aromatic hydroxyl groups is 2. The lowest BCUT2D eigenvalue weighted by molar-refractivity contribution is -0.144. The van der Waals surface area contributed by atoms with Crippen molar-refractivity contribution in [3.63, 3.8) is 0 Å². The molecule has 38 heavy (non-hydrogen) atoms. The summed E-state index contributed by atoms with van der Waals surface area (Å²) in [5.74, 6) is -4.33. The van der Waals surface area contributed by atoms with Crippen LogP contribution in [-0.4, -0.2) is 33.9 Å². The van der Waals surface area contributed by atoms with Gasteiger partial charge >= 0.3 is 17.9 Å². The third kappa shape index (κ3) is 7.68. The first-order chi connectivity index (χ1) is 17.5. The third-order valence-electron chi connectivity index (χ3n) is 5.41. The molecule has 9 heteroatoms. The van der Waals surface area contributed by atoms with Gasteiger partial charge in [-0.1, -0.05) is 27.4 Å². The highest BCUT2D eigenvalue weighted by molar-refractivity contribution is 6.01. The van der Waals surface area contributed by atoms with Crippen molar-refractivity contribution in [3.8, 4) is 28.7 Å². The number of phenols is 2. The molecule has 0 aliphatic heterocycles. The van der Waals surface area contributed by atoms with Crippen molar-refractivity contribution in [2.24, 2.45) is 17.3 Å². The average molecular weight is 527 g/mol. The molecule has 0 aromatic heterocycles. The molecule has 9 nitrogen and oxygen atoms in total. The Labute approximate surface area is 222 Å². The summed E-state index contributed by atoms with van der Waals surface area (Å²) in [5.41, 5.74) is -0.529. The van der Waals surface area contributed by atoms with Gasteiger partial charge in [-0.15, -0.1) is 0 Å². The van der Waals surface area contributed by atoms with Gasteiger partial charge in [-0.25, -0.2) is 4.79 Å². The summed E-state index contributed by atoms with van der Waals surface area (Å²) in [7, 11) is 0. The van der Waals surface area contributed by atoms with E-state index < -0.39 is 40.9 Å². The molecule has 1 atom stereocenters. The molecule has 0 aliphatic carbocycles. The molecule has 0 fully saturated rings. The van der Waals surface area contributed by atoms with Crippen molar-refractivity contribution in [2.75, 3.05) is 0 Å². The predicted octanol–water partition coefficient (Wildman–Crippen LogP) is 5.15. The van der Waals surface area contributed by atoms with Crippen LogP contribution in [0.1, 0.15) is 64.4 Å². The normalized spacial score (nSPS) is 12.0. The van der Waals surface area contributed by atoms with E-state index in [1.807, 2.05) is 0 Å². The summed E-state index contributed by atoms with van der Waals surface area (Å²) < 4.78 is 16.0. The summed E-state index contributed by atoms with van der Waals surface area (Å²) in [4.78, 5) is 49.7. The van der Waals surface area contributed by atoms with Gasteiger partial charge in [0.25, 0.3) is 0 Å². The number of phenolic OH excluding ortho intramolecular Hbond substituents is 2. The molecule has 0 spiro atoms. The van der Waals surface area contributed by atoms with E-state index in [0.29, 0.717) is 0 Å². The average Bonchev–Trinajstić information content (AvgIpc) is 2.81. The highest BCUT2D eigenvalue weighted by Gasteiger charge is 2.28. The van der Waals surface area contributed by atoms with Gasteiger partial charge < -0.3 is 24.4 Å². The quantitative estimate of drug-likeness (QED) is 0.197. The second-order valence-corrected chi connectivity index (χ2v) is 10.5. The van der Waals surface area contributed by atoms with Crippen LogP contribution in [0, 0.1) is 17.3 Å². The largest absolute Gasteiger partial charge is 0.508 e. The molecule has 2 N–H and O–H groups in total. The molecule has 2 aromatic rings. The third-order valence-corrected chi connectivity index (χ3v) is 5.41. The SMILES string of the molecule is C=C(C)C(=O)Oc1ccc(O)c(C(=O)C(C)Cc2cc(OC(=O)C(C)(C)C)c(OC(=O)C(C)C)cc2O)c1. The van der Waals surface area contributed by atoms with E-state index in [4.69, 9.17) is 14.2 Å². The number of ketones is 1. The Morgan fingerprint density at radius 2 is 1.50 bits per heavy atom. The zero-order chi connectivity index (χ0) is 28.9. The topological polar surface area (TPSA) is 136 Å². The van der Waals surface area contributed by atoms with Gasteiger partial charge in [-0.2, -0.15) is 0 Å². The predicted molar refractivity (Wildman–Crippen MR) is 139 cm³/mol. The number of Topliss-reactive ketones (excluding diaryl/α,β-unsaturated/α-hetero) is 1. The number of rotatable bonds is 9. The molecule has 2 aromatic carbocycles. The molecule has 0 heterocycles. The monoisotopic (exact) mass is 526 g/mol. The van der Waals surface area contributed by atoms with Crippen LogP contribution in [0.5, 0.6) is 28.7 Å². The Morgan fingerprint density at radius 3 is 2.05 bits per heavy atom. The Bertz CT molecular complexity index is 1270. The van der Waals surface area contributed by atoms with Crippen molar-refractivity contribution >= 4 is 23.7 Å². The molecule has 2 rings (SSSR count). The molecule has 204 valence electrons. The number of carbonyl (C=O) groups is 4. The van der Waals surface area contributed by atoms with Crippen LogP contribution >= 0.6 is 0 Å². The molecular weight excluding hydrogens is 492 g/mol. The van der Waals surface area contributed by atoms with E-state index in [0.717, 1.165) is 6.07 Å². The van der Waals surface area contributed by atoms with Crippen molar-refractivity contribution in [3.05, 3.63) is 53.6 Å². The van der Waals surface area contributed by atoms with Crippen LogP contribution in [-0.2, 0) is 20.8 Å². The zero-order valence-corrected chi connectivity index (χ0v) is 22.7. The van der Waals surface area contributed by atoms with Crippen LogP contribution in [0.2, 0.25) is 0 Å². The minimum atomic E-state index is -0.864.